The third kappa shape index (κ3) is 9.58. The summed E-state index contributed by atoms with van der Waals surface area (Å²) in [5.41, 5.74) is -2.02. The highest BCUT2D eigenvalue weighted by molar-refractivity contribution is 7.99. The quantitative estimate of drug-likeness (QED) is 0.217. The van der Waals surface area contributed by atoms with Gasteiger partial charge in [0.1, 0.15) is 11.1 Å². The van der Waals surface area contributed by atoms with Crippen molar-refractivity contribution in [3.8, 4) is 0 Å². The maximum absolute atomic E-state index is 13.0. The highest BCUT2D eigenvalue weighted by Crippen LogP contribution is 2.36. The number of alkyl carbamates (subject to hydrolysis) is 1. The van der Waals surface area contributed by atoms with Gasteiger partial charge in [0, 0.05) is 14.8 Å². The molecule has 2 aromatic carbocycles. The van der Waals surface area contributed by atoms with Gasteiger partial charge in [0.2, 0.25) is 0 Å². The maximum Gasteiger partial charge on any atom is 0.416 e. The highest BCUT2D eigenvalue weighted by Gasteiger charge is 2.41. The Bertz CT molecular complexity index is 1130. The highest BCUT2D eigenvalue weighted by atomic mass is 35.5. The Morgan fingerprint density at radius 3 is 2.37 bits per heavy atom. The molecule has 2 rings (SSSR count). The van der Waals surface area contributed by atoms with Gasteiger partial charge in [-0.2, -0.15) is 13.2 Å². The number of carbonyl (C=O) groups is 2. The van der Waals surface area contributed by atoms with Crippen LogP contribution in [0.1, 0.15) is 58.1 Å². The standard InChI is InChI=1S/C28H33ClF3NO4S/c1-6-15-27(24(34)36-7-2,33-25(35)37-26(3,4)5)16-9-10-19-13-14-22(18-23(19)29)38-21-12-8-11-20(17-21)28(30,31)32/h6,8,11-14,17-18H,1,7,9-10,15-16H2,2-5H3,(H,33,35). The van der Waals surface area contributed by atoms with E-state index in [0.717, 1.165) is 17.7 Å². The van der Waals surface area contributed by atoms with Crippen LogP contribution in [0.15, 0.2) is 64.9 Å². The lowest BCUT2D eigenvalue weighted by atomic mass is 9.88. The van der Waals surface area contributed by atoms with Crippen LogP contribution < -0.4 is 5.32 Å². The number of halogens is 4. The minimum atomic E-state index is -4.42. The normalized spacial score (nSPS) is 13.4. The molecule has 0 bridgehead atoms. The van der Waals surface area contributed by atoms with Crippen LogP contribution in [0.4, 0.5) is 18.0 Å². The predicted molar refractivity (Wildman–Crippen MR) is 144 cm³/mol. The first-order chi connectivity index (χ1) is 17.7. The van der Waals surface area contributed by atoms with Crippen molar-refractivity contribution >= 4 is 35.4 Å². The van der Waals surface area contributed by atoms with Crippen LogP contribution in [-0.4, -0.2) is 29.8 Å². The van der Waals surface area contributed by atoms with Crippen LogP contribution in [-0.2, 0) is 26.9 Å². The molecular formula is C28H33ClF3NO4S. The zero-order valence-electron chi connectivity index (χ0n) is 21.9. The van der Waals surface area contributed by atoms with Gasteiger partial charge in [0.05, 0.1) is 12.2 Å². The van der Waals surface area contributed by atoms with E-state index in [1.165, 1.54) is 17.8 Å². The van der Waals surface area contributed by atoms with Crippen molar-refractivity contribution in [2.75, 3.05) is 6.61 Å². The average molecular weight is 572 g/mol. The SMILES string of the molecule is C=CCC(CCCc1ccc(Sc2cccc(C(F)(F)F)c2)cc1Cl)(NC(=O)OC(C)(C)C)C(=O)OCC. The summed E-state index contributed by atoms with van der Waals surface area (Å²) in [6.45, 7) is 10.7. The molecule has 0 aliphatic heterocycles. The zero-order valence-corrected chi connectivity index (χ0v) is 23.5. The van der Waals surface area contributed by atoms with Crippen LogP contribution >= 0.6 is 23.4 Å². The van der Waals surface area contributed by atoms with Crippen LogP contribution in [0.2, 0.25) is 5.02 Å². The fourth-order valence-corrected chi connectivity index (χ4v) is 4.97. The topological polar surface area (TPSA) is 64.6 Å². The summed E-state index contributed by atoms with van der Waals surface area (Å²) in [5, 5.41) is 3.15. The van der Waals surface area contributed by atoms with E-state index in [2.05, 4.69) is 11.9 Å². The van der Waals surface area contributed by atoms with Gasteiger partial charge < -0.3 is 14.8 Å². The molecule has 0 aliphatic carbocycles. The lowest BCUT2D eigenvalue weighted by Crippen LogP contribution is -2.56. The molecule has 0 saturated heterocycles. The Labute approximate surface area is 231 Å². The smallest absolute Gasteiger partial charge is 0.416 e. The second-order valence-electron chi connectivity index (χ2n) is 9.66. The largest absolute Gasteiger partial charge is 0.464 e. The van der Waals surface area contributed by atoms with Crippen molar-refractivity contribution in [3.63, 3.8) is 0 Å². The van der Waals surface area contributed by atoms with E-state index in [1.54, 1.807) is 58.0 Å². The van der Waals surface area contributed by atoms with Gasteiger partial charge in [-0.1, -0.05) is 41.6 Å². The summed E-state index contributed by atoms with van der Waals surface area (Å²) in [6, 6.07) is 10.4. The van der Waals surface area contributed by atoms with Crippen LogP contribution in [0, 0.1) is 0 Å². The third-order valence-corrected chi connectivity index (χ3v) is 6.70. The summed E-state index contributed by atoms with van der Waals surface area (Å²) in [4.78, 5) is 26.6. The minimum absolute atomic E-state index is 0.143. The van der Waals surface area contributed by atoms with Gasteiger partial charge in [-0.25, -0.2) is 9.59 Å². The number of aryl methyl sites for hydroxylation is 1. The lowest BCUT2D eigenvalue weighted by Gasteiger charge is -2.32. The van der Waals surface area contributed by atoms with Gasteiger partial charge >= 0.3 is 18.2 Å². The Kier molecular flexibility index (Phi) is 11.2. The monoisotopic (exact) mass is 571 g/mol. The van der Waals surface area contributed by atoms with Crippen molar-refractivity contribution in [2.24, 2.45) is 0 Å². The molecule has 5 nitrogen and oxygen atoms in total. The summed E-state index contributed by atoms with van der Waals surface area (Å²) in [6.07, 6.45) is -2.26. The molecule has 0 aromatic heterocycles. The lowest BCUT2D eigenvalue weighted by molar-refractivity contribution is -0.151. The van der Waals surface area contributed by atoms with Gasteiger partial charge in [0.15, 0.2) is 0 Å². The molecule has 1 N–H and O–H groups in total. The van der Waals surface area contributed by atoms with E-state index in [1.807, 2.05) is 0 Å². The van der Waals surface area contributed by atoms with Gasteiger partial charge in [-0.05, 0) is 89.3 Å². The fourth-order valence-electron chi connectivity index (χ4n) is 3.71. The van der Waals surface area contributed by atoms with Gasteiger partial charge in [-0.3, -0.25) is 0 Å². The van der Waals surface area contributed by atoms with Crippen molar-refractivity contribution in [3.05, 3.63) is 71.3 Å². The van der Waals surface area contributed by atoms with Gasteiger partial charge in [0.25, 0.3) is 0 Å². The summed E-state index contributed by atoms with van der Waals surface area (Å²) >= 11 is 7.67. The number of nitrogens with one attached hydrogen (secondary N) is 1. The maximum atomic E-state index is 13.0. The number of rotatable bonds is 11. The molecule has 0 aliphatic rings. The summed E-state index contributed by atoms with van der Waals surface area (Å²) < 4.78 is 49.7. The van der Waals surface area contributed by atoms with E-state index in [9.17, 15) is 22.8 Å². The molecule has 1 amide bonds. The molecule has 10 heteroatoms. The number of amides is 1. The number of esters is 1. The summed E-state index contributed by atoms with van der Waals surface area (Å²) in [5.74, 6) is -0.579. The molecule has 0 heterocycles. The summed E-state index contributed by atoms with van der Waals surface area (Å²) in [7, 11) is 0. The van der Waals surface area contributed by atoms with Crippen molar-refractivity contribution in [1.29, 1.82) is 0 Å². The first kappa shape index (κ1) is 31.6. The molecule has 1 unspecified atom stereocenters. The van der Waals surface area contributed by atoms with E-state index >= 15 is 0 Å². The second kappa shape index (κ2) is 13.4. The van der Waals surface area contributed by atoms with Crippen molar-refractivity contribution < 1.29 is 32.2 Å². The number of alkyl halides is 3. The Morgan fingerprint density at radius 2 is 1.79 bits per heavy atom. The van der Waals surface area contributed by atoms with Crippen LogP contribution in [0.25, 0.3) is 0 Å². The number of ether oxygens (including phenoxy) is 2. The molecule has 2 aromatic rings. The molecule has 0 radical (unpaired) electrons. The zero-order chi connectivity index (χ0) is 28.6. The Hall–Kier alpha value is -2.65. The molecule has 208 valence electrons. The molecule has 0 fully saturated rings. The number of benzene rings is 2. The Balaban J connectivity index is 2.14. The van der Waals surface area contributed by atoms with E-state index in [4.69, 9.17) is 21.1 Å². The van der Waals surface area contributed by atoms with Crippen molar-refractivity contribution in [1.82, 2.24) is 5.32 Å². The first-order valence-electron chi connectivity index (χ1n) is 12.1. The van der Waals surface area contributed by atoms with E-state index in [-0.39, 0.29) is 19.4 Å². The minimum Gasteiger partial charge on any atom is -0.464 e. The van der Waals surface area contributed by atoms with Crippen LogP contribution in [0.5, 0.6) is 0 Å². The Morgan fingerprint density at radius 1 is 1.11 bits per heavy atom. The molecule has 1 atom stereocenters. The molecule has 38 heavy (non-hydrogen) atoms. The number of carbonyl (C=O) groups excluding carboxylic acids is 2. The third-order valence-electron chi connectivity index (χ3n) is 5.37. The second-order valence-corrected chi connectivity index (χ2v) is 11.2. The van der Waals surface area contributed by atoms with Crippen LogP contribution in [0.3, 0.4) is 0 Å². The number of hydrogen-bond acceptors (Lipinski definition) is 5. The molecule has 0 spiro atoms. The average Bonchev–Trinajstić information content (AvgIpc) is 2.79. The van der Waals surface area contributed by atoms with E-state index < -0.39 is 34.9 Å². The van der Waals surface area contributed by atoms with Crippen molar-refractivity contribution in [2.45, 2.75) is 80.5 Å². The molecular weight excluding hydrogens is 539 g/mol. The number of hydrogen-bond donors (Lipinski definition) is 1. The first-order valence-corrected chi connectivity index (χ1v) is 13.3. The predicted octanol–water partition coefficient (Wildman–Crippen LogP) is 8.24. The van der Waals surface area contributed by atoms with Gasteiger partial charge in [-0.15, -0.1) is 6.58 Å². The van der Waals surface area contributed by atoms with E-state index in [0.29, 0.717) is 27.7 Å². The molecule has 0 saturated carbocycles. The fraction of sp³-hybridized carbons (Fsp3) is 0.429.